The fourth-order valence-electron chi connectivity index (χ4n) is 2.29. The van der Waals surface area contributed by atoms with Gasteiger partial charge in [-0.05, 0) is 19.8 Å². The SMILES string of the molecule is CNc1nc(C2CC2)nc(N(C)Cc2cscn2)c1C. The van der Waals surface area contributed by atoms with Gasteiger partial charge in [-0.15, -0.1) is 11.3 Å². The fourth-order valence-corrected chi connectivity index (χ4v) is 2.84. The van der Waals surface area contributed by atoms with Crippen LogP contribution in [0.25, 0.3) is 0 Å². The fraction of sp³-hybridized carbons (Fsp3) is 0.500. The topological polar surface area (TPSA) is 53.9 Å². The van der Waals surface area contributed by atoms with E-state index in [4.69, 9.17) is 4.98 Å². The lowest BCUT2D eigenvalue weighted by Gasteiger charge is -2.21. The molecule has 1 aliphatic carbocycles. The second-order valence-corrected chi connectivity index (χ2v) is 5.96. The zero-order valence-corrected chi connectivity index (χ0v) is 12.9. The van der Waals surface area contributed by atoms with Crippen LogP contribution in [0.1, 0.15) is 35.8 Å². The van der Waals surface area contributed by atoms with Gasteiger partial charge in [0.25, 0.3) is 0 Å². The first kappa shape index (κ1) is 13.3. The highest BCUT2D eigenvalue weighted by Gasteiger charge is 2.28. The molecular formula is C14H19N5S. The third kappa shape index (κ3) is 2.60. The maximum atomic E-state index is 4.77. The minimum Gasteiger partial charge on any atom is -0.373 e. The molecule has 0 aromatic carbocycles. The molecule has 3 rings (SSSR count). The van der Waals surface area contributed by atoms with Gasteiger partial charge in [-0.25, -0.2) is 15.0 Å². The van der Waals surface area contributed by atoms with Crippen LogP contribution in [0, 0.1) is 6.92 Å². The molecule has 0 saturated heterocycles. The zero-order valence-electron chi connectivity index (χ0n) is 12.1. The number of rotatable bonds is 5. The molecule has 6 heteroatoms. The zero-order chi connectivity index (χ0) is 14.1. The number of anilines is 2. The van der Waals surface area contributed by atoms with E-state index in [1.54, 1.807) is 11.3 Å². The maximum absolute atomic E-state index is 4.77. The molecule has 0 spiro atoms. The Morgan fingerprint density at radius 3 is 2.80 bits per heavy atom. The van der Waals surface area contributed by atoms with Gasteiger partial charge in [0, 0.05) is 31.0 Å². The molecule has 5 nitrogen and oxygen atoms in total. The predicted octanol–water partition coefficient (Wildman–Crippen LogP) is 2.80. The van der Waals surface area contributed by atoms with Crippen LogP contribution in [-0.2, 0) is 6.54 Å². The number of hydrogen-bond acceptors (Lipinski definition) is 6. The van der Waals surface area contributed by atoms with Crippen molar-refractivity contribution in [1.82, 2.24) is 15.0 Å². The quantitative estimate of drug-likeness (QED) is 0.917. The van der Waals surface area contributed by atoms with Crippen molar-refractivity contribution in [3.8, 4) is 0 Å². The van der Waals surface area contributed by atoms with E-state index in [0.717, 1.165) is 35.3 Å². The van der Waals surface area contributed by atoms with E-state index in [0.29, 0.717) is 5.92 Å². The molecule has 2 heterocycles. The van der Waals surface area contributed by atoms with Crippen LogP contribution in [0.5, 0.6) is 0 Å². The van der Waals surface area contributed by atoms with Gasteiger partial charge in [0.1, 0.15) is 17.5 Å². The Morgan fingerprint density at radius 1 is 1.40 bits per heavy atom. The van der Waals surface area contributed by atoms with Gasteiger partial charge in [-0.1, -0.05) is 0 Å². The second kappa shape index (κ2) is 5.36. The summed E-state index contributed by atoms with van der Waals surface area (Å²) in [6, 6.07) is 0. The Labute approximate surface area is 123 Å². The molecule has 1 saturated carbocycles. The summed E-state index contributed by atoms with van der Waals surface area (Å²) in [5.74, 6) is 3.45. The summed E-state index contributed by atoms with van der Waals surface area (Å²) in [6.45, 7) is 2.84. The standard InChI is InChI=1S/C14H19N5S/c1-9-12(15-2)17-13(10-4-5-10)18-14(9)19(3)6-11-7-20-8-16-11/h7-8,10H,4-6H2,1-3H3,(H,15,17,18). The first-order valence-electron chi connectivity index (χ1n) is 6.83. The minimum atomic E-state index is 0.550. The van der Waals surface area contributed by atoms with Crippen molar-refractivity contribution in [3.63, 3.8) is 0 Å². The first-order chi connectivity index (χ1) is 9.69. The Kier molecular flexibility index (Phi) is 3.56. The van der Waals surface area contributed by atoms with Crippen LogP contribution >= 0.6 is 11.3 Å². The van der Waals surface area contributed by atoms with Crippen LogP contribution in [0.4, 0.5) is 11.6 Å². The molecule has 106 valence electrons. The number of thiazole rings is 1. The van der Waals surface area contributed by atoms with Crippen LogP contribution < -0.4 is 10.2 Å². The highest BCUT2D eigenvalue weighted by Crippen LogP contribution is 2.40. The van der Waals surface area contributed by atoms with Crippen molar-refractivity contribution in [2.24, 2.45) is 0 Å². The average molecular weight is 289 g/mol. The number of nitrogens with zero attached hydrogens (tertiary/aromatic N) is 4. The van der Waals surface area contributed by atoms with Crippen molar-refractivity contribution in [3.05, 3.63) is 28.0 Å². The van der Waals surface area contributed by atoms with Crippen LogP contribution in [0.2, 0.25) is 0 Å². The van der Waals surface area contributed by atoms with Crippen LogP contribution in [-0.4, -0.2) is 29.0 Å². The summed E-state index contributed by atoms with van der Waals surface area (Å²) < 4.78 is 0. The number of aromatic nitrogens is 3. The lowest BCUT2D eigenvalue weighted by Crippen LogP contribution is -2.21. The van der Waals surface area contributed by atoms with E-state index < -0.39 is 0 Å². The summed E-state index contributed by atoms with van der Waals surface area (Å²) in [6.07, 6.45) is 2.42. The third-order valence-electron chi connectivity index (χ3n) is 3.56. The van der Waals surface area contributed by atoms with Gasteiger partial charge < -0.3 is 10.2 Å². The smallest absolute Gasteiger partial charge is 0.137 e. The molecular weight excluding hydrogens is 270 g/mol. The predicted molar refractivity (Wildman–Crippen MR) is 82.5 cm³/mol. The largest absolute Gasteiger partial charge is 0.373 e. The van der Waals surface area contributed by atoms with Crippen molar-refractivity contribution in [1.29, 1.82) is 0 Å². The van der Waals surface area contributed by atoms with E-state index in [1.807, 2.05) is 12.6 Å². The Morgan fingerprint density at radius 2 is 2.20 bits per heavy atom. The summed E-state index contributed by atoms with van der Waals surface area (Å²) in [5.41, 5.74) is 4.04. The maximum Gasteiger partial charge on any atom is 0.137 e. The molecule has 1 aliphatic rings. The van der Waals surface area contributed by atoms with Gasteiger partial charge in [-0.2, -0.15) is 0 Å². The molecule has 2 aromatic rings. The number of nitrogens with one attached hydrogen (secondary N) is 1. The Balaban J connectivity index is 1.92. The minimum absolute atomic E-state index is 0.550. The molecule has 1 fully saturated rings. The van der Waals surface area contributed by atoms with Crippen molar-refractivity contribution in [2.45, 2.75) is 32.2 Å². The molecule has 0 atom stereocenters. The Bertz CT molecular complexity index is 592. The van der Waals surface area contributed by atoms with Gasteiger partial charge in [0.05, 0.1) is 17.7 Å². The second-order valence-electron chi connectivity index (χ2n) is 5.24. The summed E-state index contributed by atoms with van der Waals surface area (Å²) in [4.78, 5) is 15.9. The highest BCUT2D eigenvalue weighted by atomic mass is 32.1. The average Bonchev–Trinajstić information content (AvgIpc) is 3.17. The Hall–Kier alpha value is -1.69. The molecule has 0 aliphatic heterocycles. The van der Waals surface area contributed by atoms with Gasteiger partial charge in [-0.3, -0.25) is 0 Å². The lowest BCUT2D eigenvalue weighted by molar-refractivity contribution is 0.834. The van der Waals surface area contributed by atoms with Crippen molar-refractivity contribution in [2.75, 3.05) is 24.3 Å². The molecule has 0 radical (unpaired) electrons. The molecule has 1 N–H and O–H groups in total. The summed E-state index contributed by atoms with van der Waals surface area (Å²) >= 11 is 1.62. The highest BCUT2D eigenvalue weighted by molar-refractivity contribution is 7.07. The monoisotopic (exact) mass is 289 g/mol. The molecule has 0 unspecified atom stereocenters. The normalized spacial score (nSPS) is 14.3. The number of hydrogen-bond donors (Lipinski definition) is 1. The molecule has 0 amide bonds. The first-order valence-corrected chi connectivity index (χ1v) is 7.77. The molecule has 0 bridgehead atoms. The van der Waals surface area contributed by atoms with E-state index in [9.17, 15) is 0 Å². The van der Waals surface area contributed by atoms with Gasteiger partial charge >= 0.3 is 0 Å². The van der Waals surface area contributed by atoms with E-state index in [1.165, 1.54) is 12.8 Å². The van der Waals surface area contributed by atoms with Crippen LogP contribution in [0.15, 0.2) is 10.9 Å². The van der Waals surface area contributed by atoms with Gasteiger partial charge in [0.15, 0.2) is 0 Å². The van der Waals surface area contributed by atoms with Gasteiger partial charge in [0.2, 0.25) is 0 Å². The van der Waals surface area contributed by atoms with E-state index >= 15 is 0 Å². The van der Waals surface area contributed by atoms with E-state index in [2.05, 4.69) is 39.5 Å². The lowest BCUT2D eigenvalue weighted by atomic mass is 10.2. The van der Waals surface area contributed by atoms with E-state index in [-0.39, 0.29) is 0 Å². The molecule has 20 heavy (non-hydrogen) atoms. The van der Waals surface area contributed by atoms with Crippen LogP contribution in [0.3, 0.4) is 0 Å². The molecule has 2 aromatic heterocycles. The summed E-state index contributed by atoms with van der Waals surface area (Å²) in [7, 11) is 3.97. The van der Waals surface area contributed by atoms with Crippen molar-refractivity contribution >= 4 is 23.0 Å². The third-order valence-corrected chi connectivity index (χ3v) is 4.20. The van der Waals surface area contributed by atoms with Crippen molar-refractivity contribution < 1.29 is 0 Å². The summed E-state index contributed by atoms with van der Waals surface area (Å²) in [5, 5.41) is 5.26.